The summed E-state index contributed by atoms with van der Waals surface area (Å²) in [7, 11) is 0. The molecule has 0 unspecified atom stereocenters. The summed E-state index contributed by atoms with van der Waals surface area (Å²) in [5.41, 5.74) is 6.49. The van der Waals surface area contributed by atoms with Crippen LogP contribution in [0.15, 0.2) is 42.6 Å². The first-order chi connectivity index (χ1) is 9.69. The molecule has 3 rings (SSSR count). The number of fused-ring (bicyclic) bond motifs is 1. The predicted molar refractivity (Wildman–Crippen MR) is 87.4 cm³/mol. The first-order valence-corrected chi connectivity index (χ1v) is 7.86. The molecule has 0 saturated heterocycles. The number of aromatic nitrogens is 2. The summed E-state index contributed by atoms with van der Waals surface area (Å²) < 4.78 is 2.09. The Morgan fingerprint density at radius 2 is 1.85 bits per heavy atom. The van der Waals surface area contributed by atoms with Gasteiger partial charge in [0.15, 0.2) is 0 Å². The lowest BCUT2D eigenvalue weighted by Crippen LogP contribution is -2.05. The van der Waals surface area contributed by atoms with Crippen LogP contribution in [0.4, 0.5) is 0 Å². The van der Waals surface area contributed by atoms with Crippen molar-refractivity contribution in [2.45, 2.75) is 25.7 Å². The lowest BCUT2D eigenvalue weighted by atomic mass is 10.0. The normalized spacial score (nSPS) is 11.2. The number of hydrogen-bond acceptors (Lipinski definition) is 1. The molecule has 1 aromatic heterocycles. The summed E-state index contributed by atoms with van der Waals surface area (Å²) >= 11 is 3.52. The Hall–Kier alpha value is -1.61. The highest BCUT2D eigenvalue weighted by Gasteiger charge is 2.07. The Morgan fingerprint density at radius 3 is 2.55 bits per heavy atom. The van der Waals surface area contributed by atoms with E-state index in [1.807, 2.05) is 6.20 Å². The van der Waals surface area contributed by atoms with E-state index in [0.29, 0.717) is 0 Å². The smallest absolute Gasteiger partial charge is 0.0689 e. The van der Waals surface area contributed by atoms with Crippen molar-refractivity contribution in [2.24, 2.45) is 0 Å². The summed E-state index contributed by atoms with van der Waals surface area (Å²) in [6, 6.07) is 12.9. The van der Waals surface area contributed by atoms with Gasteiger partial charge in [-0.1, -0.05) is 46.3 Å². The number of rotatable bonds is 3. The second-order valence-electron chi connectivity index (χ2n) is 5.20. The predicted octanol–water partition coefficient (Wildman–Crippen LogP) is 4.60. The summed E-state index contributed by atoms with van der Waals surface area (Å²) in [5, 5.41) is 6.62. The molecule has 20 heavy (non-hydrogen) atoms. The van der Waals surface area contributed by atoms with E-state index in [-0.39, 0.29) is 0 Å². The van der Waals surface area contributed by atoms with Crippen molar-refractivity contribution in [1.29, 1.82) is 0 Å². The van der Waals surface area contributed by atoms with E-state index in [0.717, 1.165) is 11.9 Å². The molecule has 0 spiro atoms. The number of halogens is 1. The van der Waals surface area contributed by atoms with Crippen LogP contribution in [0, 0.1) is 13.8 Å². The molecule has 0 aliphatic carbocycles. The van der Waals surface area contributed by atoms with E-state index in [9.17, 15) is 0 Å². The van der Waals surface area contributed by atoms with Crippen molar-refractivity contribution in [3.8, 4) is 0 Å². The molecular weight excluding hydrogens is 312 g/mol. The number of hydrogen-bond donors (Lipinski definition) is 0. The second-order valence-corrected chi connectivity index (χ2v) is 5.76. The standard InChI is InChI=1S/C17H17BrN2/c1-12-4-3-5-13(2)16(12)11-20-17-8-14(9-18)6-7-15(17)10-19-20/h3-8,10H,9,11H2,1-2H3. The number of alkyl halides is 1. The highest BCUT2D eigenvalue weighted by Crippen LogP contribution is 2.21. The van der Waals surface area contributed by atoms with E-state index in [1.54, 1.807) is 0 Å². The minimum atomic E-state index is 0.827. The van der Waals surface area contributed by atoms with E-state index in [1.165, 1.54) is 33.2 Å². The summed E-state index contributed by atoms with van der Waals surface area (Å²) in [6.07, 6.45) is 1.95. The Morgan fingerprint density at radius 1 is 1.10 bits per heavy atom. The topological polar surface area (TPSA) is 17.8 Å². The Balaban J connectivity index is 2.06. The van der Waals surface area contributed by atoms with E-state index in [4.69, 9.17) is 0 Å². The molecule has 3 aromatic rings. The summed E-state index contributed by atoms with van der Waals surface area (Å²) in [4.78, 5) is 0. The van der Waals surface area contributed by atoms with Gasteiger partial charge in [0.1, 0.15) is 0 Å². The zero-order valence-electron chi connectivity index (χ0n) is 11.7. The highest BCUT2D eigenvalue weighted by atomic mass is 79.9. The van der Waals surface area contributed by atoms with E-state index >= 15 is 0 Å². The van der Waals surface area contributed by atoms with Crippen molar-refractivity contribution < 1.29 is 0 Å². The molecule has 2 nitrogen and oxygen atoms in total. The fraction of sp³-hybridized carbons (Fsp3) is 0.235. The van der Waals surface area contributed by atoms with Crippen LogP contribution in [0.5, 0.6) is 0 Å². The van der Waals surface area contributed by atoms with Crippen molar-refractivity contribution >= 4 is 26.8 Å². The highest BCUT2D eigenvalue weighted by molar-refractivity contribution is 9.08. The van der Waals surface area contributed by atoms with Crippen LogP contribution in [-0.2, 0) is 11.9 Å². The molecule has 0 bridgehead atoms. The van der Waals surface area contributed by atoms with Gasteiger partial charge in [0.2, 0.25) is 0 Å². The molecule has 0 fully saturated rings. The van der Waals surface area contributed by atoms with Crippen LogP contribution in [0.25, 0.3) is 10.9 Å². The SMILES string of the molecule is Cc1cccc(C)c1Cn1ncc2ccc(CBr)cc21. The fourth-order valence-electron chi connectivity index (χ4n) is 2.57. The first-order valence-electron chi connectivity index (χ1n) is 6.74. The Kier molecular flexibility index (Phi) is 3.62. The largest absolute Gasteiger partial charge is 0.260 e. The number of nitrogens with zero attached hydrogens (tertiary/aromatic N) is 2. The third-order valence-electron chi connectivity index (χ3n) is 3.82. The molecule has 102 valence electrons. The number of aryl methyl sites for hydroxylation is 2. The second kappa shape index (κ2) is 5.41. The Bertz CT molecular complexity index is 739. The maximum absolute atomic E-state index is 4.55. The lowest BCUT2D eigenvalue weighted by molar-refractivity contribution is 0.705. The van der Waals surface area contributed by atoms with Gasteiger partial charge in [0, 0.05) is 10.7 Å². The molecule has 0 amide bonds. The lowest BCUT2D eigenvalue weighted by Gasteiger charge is -2.11. The molecule has 0 saturated carbocycles. The van der Waals surface area contributed by atoms with E-state index < -0.39 is 0 Å². The van der Waals surface area contributed by atoms with Gasteiger partial charge in [0.25, 0.3) is 0 Å². The average molecular weight is 329 g/mol. The number of benzene rings is 2. The minimum absolute atomic E-state index is 0.827. The van der Waals surface area contributed by atoms with Gasteiger partial charge in [-0.3, -0.25) is 4.68 Å². The molecule has 0 aliphatic rings. The van der Waals surface area contributed by atoms with Crippen LogP contribution < -0.4 is 0 Å². The fourth-order valence-corrected chi connectivity index (χ4v) is 2.92. The maximum Gasteiger partial charge on any atom is 0.0689 e. The Labute approximate surface area is 127 Å². The third-order valence-corrected chi connectivity index (χ3v) is 4.46. The van der Waals surface area contributed by atoms with E-state index in [2.05, 4.69) is 76.0 Å². The van der Waals surface area contributed by atoms with Crippen LogP contribution in [0.2, 0.25) is 0 Å². The quantitative estimate of drug-likeness (QED) is 0.642. The average Bonchev–Trinajstić information content (AvgIpc) is 2.85. The van der Waals surface area contributed by atoms with Crippen LogP contribution in [0.1, 0.15) is 22.3 Å². The third kappa shape index (κ3) is 2.38. The molecule has 0 N–H and O–H groups in total. The van der Waals surface area contributed by atoms with Crippen LogP contribution >= 0.6 is 15.9 Å². The summed E-state index contributed by atoms with van der Waals surface area (Å²) in [6.45, 7) is 5.16. The molecule has 0 atom stereocenters. The molecule has 2 aromatic carbocycles. The molecular formula is C17H17BrN2. The first kappa shape index (κ1) is 13.4. The van der Waals surface area contributed by atoms with Crippen LogP contribution in [0.3, 0.4) is 0 Å². The van der Waals surface area contributed by atoms with Gasteiger partial charge in [-0.05, 0) is 42.2 Å². The van der Waals surface area contributed by atoms with Crippen molar-refractivity contribution in [1.82, 2.24) is 9.78 Å². The van der Waals surface area contributed by atoms with Gasteiger partial charge >= 0.3 is 0 Å². The van der Waals surface area contributed by atoms with Crippen LogP contribution in [-0.4, -0.2) is 9.78 Å². The van der Waals surface area contributed by atoms with Crippen molar-refractivity contribution in [3.63, 3.8) is 0 Å². The van der Waals surface area contributed by atoms with Gasteiger partial charge in [-0.2, -0.15) is 5.10 Å². The maximum atomic E-state index is 4.55. The molecule has 3 heteroatoms. The minimum Gasteiger partial charge on any atom is -0.260 e. The van der Waals surface area contributed by atoms with Crippen molar-refractivity contribution in [3.05, 3.63) is 64.8 Å². The van der Waals surface area contributed by atoms with Gasteiger partial charge < -0.3 is 0 Å². The van der Waals surface area contributed by atoms with Gasteiger partial charge in [0.05, 0.1) is 18.3 Å². The van der Waals surface area contributed by atoms with Gasteiger partial charge in [-0.15, -0.1) is 0 Å². The zero-order chi connectivity index (χ0) is 14.1. The molecule has 1 heterocycles. The summed E-state index contributed by atoms with van der Waals surface area (Å²) in [5.74, 6) is 0. The molecule has 0 radical (unpaired) electrons. The monoisotopic (exact) mass is 328 g/mol. The van der Waals surface area contributed by atoms with Crippen molar-refractivity contribution in [2.75, 3.05) is 0 Å². The molecule has 0 aliphatic heterocycles. The van der Waals surface area contributed by atoms with Gasteiger partial charge in [-0.25, -0.2) is 0 Å². The zero-order valence-corrected chi connectivity index (χ0v) is 13.3.